The molecule has 1 aromatic rings. The zero-order valence-electron chi connectivity index (χ0n) is 10.9. The summed E-state index contributed by atoms with van der Waals surface area (Å²) in [6, 6.07) is 1.47. The monoisotopic (exact) mass is 252 g/mol. The van der Waals surface area contributed by atoms with Crippen molar-refractivity contribution in [2.75, 3.05) is 13.2 Å². The molecule has 3 nitrogen and oxygen atoms in total. The fourth-order valence-electron chi connectivity index (χ4n) is 1.52. The predicted octanol–water partition coefficient (Wildman–Crippen LogP) is 3.07. The third-order valence-electron chi connectivity index (χ3n) is 2.43. The second-order valence-electron chi connectivity index (χ2n) is 4.07. The molecule has 1 heterocycles. The van der Waals surface area contributed by atoms with Gasteiger partial charge < -0.3 is 10.1 Å². The van der Waals surface area contributed by atoms with Crippen molar-refractivity contribution in [3.8, 4) is 5.88 Å². The molecule has 0 bridgehead atoms. The van der Waals surface area contributed by atoms with Crippen LogP contribution in [0.25, 0.3) is 0 Å². The lowest BCUT2D eigenvalue weighted by Crippen LogP contribution is -2.15. The van der Waals surface area contributed by atoms with E-state index in [1.165, 1.54) is 12.3 Å². The molecule has 4 heteroatoms. The van der Waals surface area contributed by atoms with E-state index in [4.69, 9.17) is 4.74 Å². The fourth-order valence-corrected chi connectivity index (χ4v) is 1.52. The van der Waals surface area contributed by atoms with Crippen LogP contribution in [-0.4, -0.2) is 18.1 Å². The Balaban J connectivity index is 2.55. The minimum absolute atomic E-state index is 0.332. The van der Waals surface area contributed by atoms with Crippen LogP contribution in [0, 0.1) is 5.82 Å². The summed E-state index contributed by atoms with van der Waals surface area (Å²) in [4.78, 5) is 3.99. The van der Waals surface area contributed by atoms with Crippen molar-refractivity contribution in [3.63, 3.8) is 0 Å². The minimum Gasteiger partial charge on any atom is -0.477 e. The van der Waals surface area contributed by atoms with Crippen LogP contribution < -0.4 is 10.1 Å². The topological polar surface area (TPSA) is 34.1 Å². The Morgan fingerprint density at radius 2 is 2.39 bits per heavy atom. The summed E-state index contributed by atoms with van der Waals surface area (Å²) in [5, 5.41) is 3.22. The van der Waals surface area contributed by atoms with Gasteiger partial charge in [-0.3, -0.25) is 0 Å². The van der Waals surface area contributed by atoms with Gasteiger partial charge in [-0.1, -0.05) is 13.0 Å². The average molecular weight is 252 g/mol. The lowest BCUT2D eigenvalue weighted by Gasteiger charge is -2.10. The Morgan fingerprint density at radius 3 is 3.11 bits per heavy atom. The van der Waals surface area contributed by atoms with Crippen molar-refractivity contribution >= 4 is 0 Å². The summed E-state index contributed by atoms with van der Waals surface area (Å²) in [5.74, 6) is 0.186. The average Bonchev–Trinajstić information content (AvgIpc) is 2.37. The van der Waals surface area contributed by atoms with Gasteiger partial charge in [0.05, 0.1) is 12.8 Å². The Morgan fingerprint density at radius 1 is 1.56 bits per heavy atom. The highest BCUT2D eigenvalue weighted by molar-refractivity contribution is 5.26. The molecule has 0 spiro atoms. The number of allylic oxidation sites excluding steroid dienone is 1. The zero-order chi connectivity index (χ0) is 13.2. The number of unbranched alkanes of at least 4 members (excludes halogenated alkanes) is 1. The van der Waals surface area contributed by atoms with Gasteiger partial charge in [0.1, 0.15) is 5.82 Å². The Labute approximate surface area is 108 Å². The zero-order valence-corrected chi connectivity index (χ0v) is 10.9. The number of nitrogens with zero attached hydrogens (tertiary/aromatic N) is 1. The summed E-state index contributed by atoms with van der Waals surface area (Å²) in [6.45, 7) is 7.79. The summed E-state index contributed by atoms with van der Waals surface area (Å²) in [6.07, 6.45) is 5.88. The summed E-state index contributed by atoms with van der Waals surface area (Å²) < 4.78 is 18.7. The van der Waals surface area contributed by atoms with Crippen molar-refractivity contribution in [3.05, 3.63) is 36.3 Å². The first kappa shape index (κ1) is 14.6. The normalized spacial score (nSPS) is 10.3. The smallest absolute Gasteiger partial charge is 0.218 e. The van der Waals surface area contributed by atoms with E-state index in [2.05, 4.69) is 23.8 Å². The van der Waals surface area contributed by atoms with E-state index in [1.54, 1.807) is 0 Å². The highest BCUT2D eigenvalue weighted by Gasteiger charge is 2.06. The van der Waals surface area contributed by atoms with Gasteiger partial charge >= 0.3 is 0 Å². The van der Waals surface area contributed by atoms with Crippen LogP contribution in [0.4, 0.5) is 4.39 Å². The summed E-state index contributed by atoms with van der Waals surface area (Å²) >= 11 is 0. The van der Waals surface area contributed by atoms with E-state index >= 15 is 0 Å². The Bertz CT molecular complexity index is 369. The number of aromatic nitrogens is 1. The highest BCUT2D eigenvalue weighted by atomic mass is 19.1. The van der Waals surface area contributed by atoms with Gasteiger partial charge in [-0.2, -0.15) is 0 Å². The van der Waals surface area contributed by atoms with E-state index in [1.807, 2.05) is 6.08 Å². The first-order valence-corrected chi connectivity index (χ1v) is 6.36. The van der Waals surface area contributed by atoms with Gasteiger partial charge in [0.2, 0.25) is 5.88 Å². The first-order chi connectivity index (χ1) is 8.77. The molecule has 0 amide bonds. The number of ether oxygens (including phenoxy) is 1. The molecule has 0 saturated heterocycles. The van der Waals surface area contributed by atoms with Gasteiger partial charge in [-0.05, 0) is 31.9 Å². The maximum atomic E-state index is 13.1. The van der Waals surface area contributed by atoms with Crippen LogP contribution >= 0.6 is 0 Å². The van der Waals surface area contributed by atoms with Gasteiger partial charge in [-0.15, -0.1) is 6.58 Å². The molecule has 100 valence electrons. The van der Waals surface area contributed by atoms with Gasteiger partial charge in [0, 0.05) is 12.1 Å². The van der Waals surface area contributed by atoms with E-state index in [9.17, 15) is 4.39 Å². The molecule has 0 fully saturated rings. The third-order valence-corrected chi connectivity index (χ3v) is 2.43. The second-order valence-corrected chi connectivity index (χ2v) is 4.07. The van der Waals surface area contributed by atoms with Crippen LogP contribution in [0.3, 0.4) is 0 Å². The largest absolute Gasteiger partial charge is 0.477 e. The van der Waals surface area contributed by atoms with Crippen LogP contribution in [-0.2, 0) is 6.54 Å². The molecule has 0 aromatic carbocycles. The summed E-state index contributed by atoms with van der Waals surface area (Å²) in [5.41, 5.74) is 0.766. The Hall–Kier alpha value is -1.42. The lowest BCUT2D eigenvalue weighted by molar-refractivity contribution is 0.295. The van der Waals surface area contributed by atoms with Crippen molar-refractivity contribution in [2.45, 2.75) is 32.7 Å². The highest BCUT2D eigenvalue weighted by Crippen LogP contribution is 2.16. The molecule has 0 saturated carbocycles. The molecule has 0 aliphatic heterocycles. The van der Waals surface area contributed by atoms with Gasteiger partial charge in [-0.25, -0.2) is 9.37 Å². The number of pyridine rings is 1. The van der Waals surface area contributed by atoms with Crippen molar-refractivity contribution in [1.82, 2.24) is 10.3 Å². The maximum Gasteiger partial charge on any atom is 0.218 e. The standard InChI is InChI=1S/C14H21FN2O/c1-3-5-6-8-18-14-12(10-16-7-4-2)9-13(15)11-17-14/h3,9,11,16H,1,4-8,10H2,2H3. The molecule has 1 rings (SSSR count). The molecule has 0 atom stereocenters. The van der Waals surface area contributed by atoms with Crippen LogP contribution in [0.15, 0.2) is 24.9 Å². The first-order valence-electron chi connectivity index (χ1n) is 6.36. The van der Waals surface area contributed by atoms with Crippen LogP contribution in [0.2, 0.25) is 0 Å². The number of halogens is 1. The molecule has 1 N–H and O–H groups in total. The molecule has 0 aliphatic carbocycles. The van der Waals surface area contributed by atoms with Crippen molar-refractivity contribution in [1.29, 1.82) is 0 Å². The van der Waals surface area contributed by atoms with E-state index in [0.717, 1.165) is 31.4 Å². The molecule has 0 aliphatic rings. The number of rotatable bonds is 9. The number of hydrogen-bond donors (Lipinski definition) is 1. The van der Waals surface area contributed by atoms with Crippen LogP contribution in [0.1, 0.15) is 31.7 Å². The maximum absolute atomic E-state index is 13.1. The lowest BCUT2D eigenvalue weighted by atomic mass is 10.2. The molecule has 18 heavy (non-hydrogen) atoms. The minimum atomic E-state index is -0.332. The van der Waals surface area contributed by atoms with E-state index < -0.39 is 0 Å². The second kappa shape index (κ2) is 8.64. The number of nitrogens with one attached hydrogen (secondary N) is 1. The third kappa shape index (κ3) is 5.27. The molecule has 1 aromatic heterocycles. The number of hydrogen-bond acceptors (Lipinski definition) is 3. The predicted molar refractivity (Wildman–Crippen MR) is 71.1 cm³/mol. The van der Waals surface area contributed by atoms with E-state index in [0.29, 0.717) is 19.0 Å². The molecular formula is C14H21FN2O. The van der Waals surface area contributed by atoms with Gasteiger partial charge in [0.25, 0.3) is 0 Å². The molecule has 0 radical (unpaired) electrons. The van der Waals surface area contributed by atoms with Crippen molar-refractivity contribution in [2.24, 2.45) is 0 Å². The molecular weight excluding hydrogens is 231 g/mol. The quantitative estimate of drug-likeness (QED) is 0.542. The SMILES string of the molecule is C=CCCCOc1ncc(F)cc1CNCCC. The molecule has 0 unspecified atom stereocenters. The fraction of sp³-hybridized carbons (Fsp3) is 0.500. The Kier molecular flexibility index (Phi) is 7.03. The summed E-state index contributed by atoms with van der Waals surface area (Å²) in [7, 11) is 0. The van der Waals surface area contributed by atoms with Crippen LogP contribution in [0.5, 0.6) is 5.88 Å². The van der Waals surface area contributed by atoms with E-state index in [-0.39, 0.29) is 5.82 Å². The van der Waals surface area contributed by atoms with Crippen molar-refractivity contribution < 1.29 is 9.13 Å². The van der Waals surface area contributed by atoms with Gasteiger partial charge in [0.15, 0.2) is 0 Å².